The Bertz CT molecular complexity index is 378. The van der Waals surface area contributed by atoms with Crippen molar-refractivity contribution in [2.45, 2.75) is 19.9 Å². The Labute approximate surface area is 92.5 Å². The van der Waals surface area contributed by atoms with E-state index < -0.39 is 5.56 Å². The molecule has 1 unspecified atom stereocenters. The van der Waals surface area contributed by atoms with Gasteiger partial charge in [-0.15, -0.1) is 0 Å². The van der Waals surface area contributed by atoms with Crippen LogP contribution in [0.3, 0.4) is 0 Å². The van der Waals surface area contributed by atoms with Gasteiger partial charge in [0.25, 0.3) is 5.56 Å². The molecule has 0 radical (unpaired) electrons. The fourth-order valence-corrected chi connectivity index (χ4v) is 1.25. The molecule has 1 rings (SSSR count). The van der Waals surface area contributed by atoms with Crippen molar-refractivity contribution in [1.82, 2.24) is 10.2 Å². The van der Waals surface area contributed by atoms with Gasteiger partial charge in [0.1, 0.15) is 5.02 Å². The molecule has 1 atom stereocenters. The second-order valence-electron chi connectivity index (χ2n) is 3.60. The van der Waals surface area contributed by atoms with Crippen LogP contribution in [0, 0.1) is 5.92 Å². The number of aliphatic hydroxyl groups is 1. The summed E-state index contributed by atoms with van der Waals surface area (Å²) in [6, 6.07) is -0.147. The minimum absolute atomic E-state index is 0.0270. The van der Waals surface area contributed by atoms with E-state index in [9.17, 15) is 4.79 Å². The molecule has 0 spiro atoms. The van der Waals surface area contributed by atoms with Gasteiger partial charge in [0, 0.05) is 0 Å². The normalized spacial score (nSPS) is 12.9. The lowest BCUT2D eigenvalue weighted by molar-refractivity contribution is 0.249. The first-order valence-corrected chi connectivity index (χ1v) is 5.04. The van der Waals surface area contributed by atoms with E-state index in [1.165, 1.54) is 6.20 Å². The molecular weight excluding hydrogens is 218 g/mol. The van der Waals surface area contributed by atoms with Crippen LogP contribution in [0.4, 0.5) is 5.69 Å². The molecule has 0 aliphatic rings. The summed E-state index contributed by atoms with van der Waals surface area (Å²) >= 11 is 5.77. The third kappa shape index (κ3) is 2.94. The quantitative estimate of drug-likeness (QED) is 0.718. The van der Waals surface area contributed by atoms with Gasteiger partial charge < -0.3 is 10.4 Å². The summed E-state index contributed by atoms with van der Waals surface area (Å²) in [5, 5.41) is 18.0. The molecule has 0 bridgehead atoms. The van der Waals surface area contributed by atoms with E-state index in [-0.39, 0.29) is 23.6 Å². The molecule has 15 heavy (non-hydrogen) atoms. The molecule has 0 aliphatic heterocycles. The van der Waals surface area contributed by atoms with Gasteiger partial charge in [-0.25, -0.2) is 5.10 Å². The Morgan fingerprint density at radius 3 is 2.87 bits per heavy atom. The first kappa shape index (κ1) is 12.0. The summed E-state index contributed by atoms with van der Waals surface area (Å²) in [6.45, 7) is 3.89. The average Bonchev–Trinajstić information content (AvgIpc) is 2.19. The molecule has 0 amide bonds. The highest BCUT2D eigenvalue weighted by atomic mass is 35.5. The standard InChI is InChI=1S/C9H14ClN3O2/c1-5(2)7(4-14)12-6-3-11-13-9(15)8(6)10/h3,5,7,14H,4H2,1-2H3,(H2,12,13,15). The van der Waals surface area contributed by atoms with Crippen LogP contribution in [0.2, 0.25) is 5.02 Å². The third-order valence-corrected chi connectivity index (χ3v) is 2.51. The van der Waals surface area contributed by atoms with E-state index >= 15 is 0 Å². The number of aliphatic hydroxyl groups excluding tert-OH is 1. The number of aromatic amines is 1. The largest absolute Gasteiger partial charge is 0.394 e. The van der Waals surface area contributed by atoms with Crippen molar-refractivity contribution in [1.29, 1.82) is 0 Å². The molecule has 0 fully saturated rings. The molecule has 6 heteroatoms. The Morgan fingerprint density at radius 1 is 1.67 bits per heavy atom. The van der Waals surface area contributed by atoms with Crippen molar-refractivity contribution in [2.24, 2.45) is 5.92 Å². The van der Waals surface area contributed by atoms with Crippen LogP contribution in [0.15, 0.2) is 11.0 Å². The first-order chi connectivity index (χ1) is 7.06. The Balaban J connectivity index is 2.88. The summed E-state index contributed by atoms with van der Waals surface area (Å²) in [6.07, 6.45) is 1.43. The maximum Gasteiger partial charge on any atom is 0.285 e. The predicted molar refractivity (Wildman–Crippen MR) is 59.2 cm³/mol. The van der Waals surface area contributed by atoms with Crippen molar-refractivity contribution >= 4 is 17.3 Å². The van der Waals surface area contributed by atoms with Crippen molar-refractivity contribution in [3.8, 4) is 0 Å². The molecule has 84 valence electrons. The number of aromatic nitrogens is 2. The molecule has 0 saturated carbocycles. The molecule has 1 aromatic rings. The van der Waals surface area contributed by atoms with Crippen LogP contribution >= 0.6 is 11.6 Å². The van der Waals surface area contributed by atoms with Crippen molar-refractivity contribution < 1.29 is 5.11 Å². The van der Waals surface area contributed by atoms with Crippen LogP contribution < -0.4 is 10.9 Å². The predicted octanol–water partition coefficient (Wildman–Crippen LogP) is 0.852. The molecule has 0 aliphatic carbocycles. The first-order valence-electron chi connectivity index (χ1n) is 4.66. The summed E-state index contributed by atoms with van der Waals surface area (Å²) in [7, 11) is 0. The van der Waals surface area contributed by atoms with E-state index in [4.69, 9.17) is 16.7 Å². The van der Waals surface area contributed by atoms with E-state index in [2.05, 4.69) is 15.5 Å². The maximum atomic E-state index is 11.1. The summed E-state index contributed by atoms with van der Waals surface area (Å²) in [5.41, 5.74) is -0.00437. The van der Waals surface area contributed by atoms with Gasteiger partial charge >= 0.3 is 0 Å². The fourth-order valence-electron chi connectivity index (χ4n) is 1.11. The lowest BCUT2D eigenvalue weighted by Crippen LogP contribution is -2.30. The number of nitrogens with zero attached hydrogens (tertiary/aromatic N) is 1. The van der Waals surface area contributed by atoms with Crippen LogP contribution in [0.5, 0.6) is 0 Å². The third-order valence-electron chi connectivity index (χ3n) is 2.14. The van der Waals surface area contributed by atoms with Gasteiger partial charge in [0.2, 0.25) is 0 Å². The number of nitrogens with one attached hydrogen (secondary N) is 2. The highest BCUT2D eigenvalue weighted by Crippen LogP contribution is 2.17. The lowest BCUT2D eigenvalue weighted by atomic mass is 10.1. The maximum absolute atomic E-state index is 11.1. The lowest BCUT2D eigenvalue weighted by Gasteiger charge is -2.21. The number of anilines is 1. The van der Waals surface area contributed by atoms with Crippen molar-refractivity contribution in [3.63, 3.8) is 0 Å². The topological polar surface area (TPSA) is 78.0 Å². The van der Waals surface area contributed by atoms with Crippen LogP contribution in [-0.2, 0) is 0 Å². The van der Waals surface area contributed by atoms with E-state index in [0.717, 1.165) is 0 Å². The number of H-pyrrole nitrogens is 1. The molecular formula is C9H14ClN3O2. The summed E-state index contributed by atoms with van der Waals surface area (Å²) in [4.78, 5) is 11.1. The molecule has 5 nitrogen and oxygen atoms in total. The van der Waals surface area contributed by atoms with Gasteiger partial charge in [-0.05, 0) is 5.92 Å². The average molecular weight is 232 g/mol. The minimum atomic E-state index is -0.442. The highest BCUT2D eigenvalue weighted by Gasteiger charge is 2.14. The molecule has 1 heterocycles. The van der Waals surface area contributed by atoms with Crippen LogP contribution in [0.1, 0.15) is 13.8 Å². The second kappa shape index (κ2) is 5.14. The van der Waals surface area contributed by atoms with E-state index in [0.29, 0.717) is 5.69 Å². The number of hydrogen-bond donors (Lipinski definition) is 3. The monoisotopic (exact) mass is 231 g/mol. The van der Waals surface area contributed by atoms with Gasteiger partial charge in [-0.2, -0.15) is 5.10 Å². The van der Waals surface area contributed by atoms with Crippen molar-refractivity contribution in [3.05, 3.63) is 21.6 Å². The Kier molecular flexibility index (Phi) is 4.11. The van der Waals surface area contributed by atoms with Gasteiger partial charge in [0.05, 0.1) is 24.5 Å². The van der Waals surface area contributed by atoms with Crippen molar-refractivity contribution in [2.75, 3.05) is 11.9 Å². The fraction of sp³-hybridized carbons (Fsp3) is 0.556. The van der Waals surface area contributed by atoms with E-state index in [1.54, 1.807) is 0 Å². The minimum Gasteiger partial charge on any atom is -0.394 e. The zero-order chi connectivity index (χ0) is 11.4. The van der Waals surface area contributed by atoms with Crippen LogP contribution in [-0.4, -0.2) is 28.0 Å². The number of halogens is 1. The van der Waals surface area contributed by atoms with Gasteiger partial charge in [-0.1, -0.05) is 25.4 Å². The zero-order valence-corrected chi connectivity index (χ0v) is 9.38. The highest BCUT2D eigenvalue weighted by molar-refractivity contribution is 6.32. The molecule has 0 aromatic carbocycles. The SMILES string of the molecule is CC(C)C(CO)Nc1cn[nH]c(=O)c1Cl. The molecule has 0 saturated heterocycles. The van der Waals surface area contributed by atoms with E-state index in [1.807, 2.05) is 13.8 Å². The number of rotatable bonds is 4. The second-order valence-corrected chi connectivity index (χ2v) is 3.98. The smallest absolute Gasteiger partial charge is 0.285 e. The van der Waals surface area contributed by atoms with Crippen LogP contribution in [0.25, 0.3) is 0 Å². The van der Waals surface area contributed by atoms with Gasteiger partial charge in [-0.3, -0.25) is 4.79 Å². The zero-order valence-electron chi connectivity index (χ0n) is 8.62. The summed E-state index contributed by atoms with van der Waals surface area (Å²) in [5.74, 6) is 0.227. The number of hydrogen-bond acceptors (Lipinski definition) is 4. The molecule has 1 aromatic heterocycles. The van der Waals surface area contributed by atoms with Gasteiger partial charge in [0.15, 0.2) is 0 Å². The molecule has 3 N–H and O–H groups in total. The Morgan fingerprint density at radius 2 is 2.33 bits per heavy atom. The Hall–Kier alpha value is -1.07. The summed E-state index contributed by atoms with van der Waals surface area (Å²) < 4.78 is 0.